The van der Waals surface area contributed by atoms with Gasteiger partial charge in [0.05, 0.1) is 6.04 Å². The van der Waals surface area contributed by atoms with E-state index in [2.05, 4.69) is 95.7 Å². The normalized spacial score (nSPS) is 19.9. The highest BCUT2D eigenvalue weighted by Gasteiger charge is 2.43. The summed E-state index contributed by atoms with van der Waals surface area (Å²) in [5.41, 5.74) is 53.2. The zero-order valence-electron chi connectivity index (χ0n) is 81.8. The number of hydrogen-bond acceptors (Lipinski definition) is 28. The van der Waals surface area contributed by atoms with Crippen LogP contribution in [0, 0.1) is 27.0 Å². The molecule has 2 heterocycles. The van der Waals surface area contributed by atoms with Gasteiger partial charge in [0.25, 0.3) is 0 Å². The van der Waals surface area contributed by atoms with E-state index in [1.165, 1.54) is 77.7 Å². The number of carbonyl (C=O) groups excluding carboxylic acids is 15. The van der Waals surface area contributed by atoms with Gasteiger partial charge in [-0.05, 0) is 182 Å². The second-order valence-corrected chi connectivity index (χ2v) is 37.7. The predicted molar refractivity (Wildman–Crippen MR) is 550 cm³/mol. The van der Waals surface area contributed by atoms with Crippen molar-refractivity contribution in [3.05, 3.63) is 131 Å². The van der Waals surface area contributed by atoms with Crippen LogP contribution in [0.2, 0.25) is 0 Å². The highest BCUT2D eigenvalue weighted by Crippen LogP contribution is 2.27. The molecule has 147 heavy (non-hydrogen) atoms. The monoisotopic (exact) mass is 2090 g/mol. The zero-order valence-corrected chi connectivity index (χ0v) is 83.4. The molecule has 0 saturated carbocycles. The average molecular weight is 2090 g/mol. The third-order valence-electron chi connectivity index (χ3n) is 23.5. The number of carbonyl (C=O) groups is 16. The Kier molecular flexibility index (Phi) is 53.0. The average Bonchev–Trinajstić information content (AvgIpc) is 1.68. The van der Waals surface area contributed by atoms with Crippen LogP contribution in [0.15, 0.2) is 103 Å². The predicted octanol–water partition coefficient (Wildman–Crippen LogP) is -6.00. The van der Waals surface area contributed by atoms with E-state index < -0.39 is 234 Å². The molecule has 0 aliphatic carbocycles. The molecule has 806 valence electrons. The van der Waals surface area contributed by atoms with Crippen molar-refractivity contribution in [1.29, 1.82) is 27.0 Å². The standard InChI is InChI=1S/C93H143N33O19S2/c94-38-6-4-18-60-77(133)119-65(19-5-7-39-95)86(142)126-46-14-25-72(126)85(141)123-69(49-54-30-36-58(128)37-31-54)81(137)118-63(22-11-43-111-91(103)104)76(132)116-64(23-12-45-113-93(107)145)79(135)124-70(83(139)120-66(87(143)144)24-13-44-112-92(105)106)50-146-147-51-71(84(140)122-67(48-53-28-34-57(127)35-29-53)80(136)117-62(75(131)115-60)21-10-42-110-90(101)102)125-82(138)68(47-52-26-32-56(33-27-52)73(129)55-15-2-1-3-16-55)121-78(134)61(20-9-41-109-89(99)100)114-74(130)59(96)17-8-40-108-88(97)98/h1-3,15-16,26-37,59-72,127-128H,4-14,17-25,38-51,94-96H2,(H,114,130)(H,115,131)(H,116,132)(H,117,136)(H,118,137)(H,119,133)(H,120,139)(H,121,134)(H,122,140)(H,123,141)(H,124,135)(H,125,138)(H,143,144)(H4,97,98,108)(H4,99,100,109)(H4,101,102,110)(H4,103,104,111)(H4,105,106,112)(H3,107,113,145)/t59-,60-,61-,62-,63-,64-,65+,66-,67-,68-,69-,70-,71-,72-/m0/s1. The zero-order chi connectivity index (χ0) is 108. The Hall–Kier alpha value is -15.1. The Balaban J connectivity index is 1.63. The second-order valence-electron chi connectivity index (χ2n) is 35.2. The van der Waals surface area contributed by atoms with Gasteiger partial charge in [0.2, 0.25) is 76.8 Å². The molecule has 0 unspecified atom stereocenters. The number of nitrogens with zero attached hydrogens (tertiary/aromatic N) is 1. The number of urea groups is 1. The number of fused-ring (bicyclic) bond motifs is 1. The molecule has 4 aromatic carbocycles. The molecule has 15 amide bonds. The molecule has 52 nitrogen and oxygen atoms in total. The smallest absolute Gasteiger partial charge is 0.326 e. The number of benzene rings is 4. The summed E-state index contributed by atoms with van der Waals surface area (Å²) in [6.07, 6.45) is -1.88. The number of aliphatic carboxylic acids is 1. The van der Waals surface area contributed by atoms with E-state index in [9.17, 15) is 34.5 Å². The number of guanidine groups is 5. The van der Waals surface area contributed by atoms with Gasteiger partial charge in [-0.25, -0.2) is 9.59 Å². The van der Waals surface area contributed by atoms with Crippen molar-refractivity contribution in [2.24, 2.45) is 51.6 Å². The van der Waals surface area contributed by atoms with Gasteiger partial charge in [-0.15, -0.1) is 0 Å². The fourth-order valence-corrected chi connectivity index (χ4v) is 18.0. The fourth-order valence-electron chi connectivity index (χ4n) is 15.7. The number of nitrogens with one attached hydrogen (secondary N) is 23. The van der Waals surface area contributed by atoms with Crippen LogP contribution in [0.5, 0.6) is 11.5 Å². The van der Waals surface area contributed by atoms with Crippen LogP contribution >= 0.6 is 21.6 Å². The molecule has 14 atom stereocenters. The number of primary amides is 1. The van der Waals surface area contributed by atoms with E-state index in [4.69, 9.17) is 78.6 Å². The molecule has 0 spiro atoms. The molecule has 2 saturated heterocycles. The molecule has 54 heteroatoms. The van der Waals surface area contributed by atoms with Gasteiger partial charge in [0.15, 0.2) is 35.6 Å². The van der Waals surface area contributed by atoms with Crippen LogP contribution < -0.4 is 147 Å². The summed E-state index contributed by atoms with van der Waals surface area (Å²) in [4.78, 5) is 240. The van der Waals surface area contributed by atoms with Crippen LogP contribution in [0.3, 0.4) is 0 Å². The molecule has 0 bridgehead atoms. The van der Waals surface area contributed by atoms with Crippen molar-refractivity contribution in [3.63, 3.8) is 0 Å². The SMILES string of the molecule is N=C(N)NCCC[C@H](NC(=O)[C@@H]1CSSC[C@H](NC(=O)[C@H](Cc2ccc(C(=O)c3ccccc3)cc2)NC(=O)[C@H](CCCNC(=N)N)NC(=O)[C@@H](N)CCCNC(=N)N)C(=O)N[C@@H](Cc2ccc(O)cc2)C(=O)N[C@@H](CCCNC(=N)N)C(=O)N[C@@H](CCCCN)C(=O)N[C@H](CCCCN)C(=O)N2CCC[C@H]2C(=O)N[C@@H](Cc2ccc(O)cc2)C(=O)N[C@@H](CCCNC(=N)N)C(=O)N[C@@H](CCCNC(N)=O)C(=O)N1)C(=O)O. The highest BCUT2D eigenvalue weighted by atomic mass is 33.1. The number of carboxylic acid groups (broad SMARTS) is 1. The first kappa shape index (κ1) is 121. The summed E-state index contributed by atoms with van der Waals surface area (Å²) in [6, 6.07) is 0.785. The van der Waals surface area contributed by atoms with E-state index in [0.29, 0.717) is 45.6 Å². The number of phenolic OH excluding ortho intramolecular Hbond substituents is 2. The van der Waals surface area contributed by atoms with Gasteiger partial charge in [-0.3, -0.25) is 94.2 Å². The largest absolute Gasteiger partial charge is 0.508 e. The number of phenols is 2. The molecule has 2 fully saturated rings. The molecular formula is C93H143N33O19S2. The van der Waals surface area contributed by atoms with Crippen molar-refractivity contribution in [3.8, 4) is 11.5 Å². The molecule has 2 aliphatic heterocycles. The lowest BCUT2D eigenvalue weighted by Gasteiger charge is -2.31. The molecule has 4 aromatic rings. The lowest BCUT2D eigenvalue weighted by atomic mass is 9.99. The highest BCUT2D eigenvalue weighted by molar-refractivity contribution is 8.76. The number of carboxylic acids is 1. The van der Waals surface area contributed by atoms with Crippen LogP contribution in [-0.4, -0.2) is 300 Å². The number of nitrogens with two attached hydrogens (primary N) is 9. The van der Waals surface area contributed by atoms with E-state index >= 15 is 57.5 Å². The quantitative estimate of drug-likeness (QED) is 0.00643. The molecule has 2 aliphatic rings. The Labute approximate surface area is 858 Å². The molecule has 44 N–H and O–H groups in total. The first-order valence-electron chi connectivity index (χ1n) is 48.4. The molecule has 0 aromatic heterocycles. The lowest BCUT2D eigenvalue weighted by Crippen LogP contribution is -2.61. The first-order chi connectivity index (χ1) is 70.1. The van der Waals surface area contributed by atoms with E-state index in [1.807, 2.05) is 0 Å². The minimum absolute atomic E-state index is 0.00351. The third-order valence-corrected chi connectivity index (χ3v) is 26.0. The number of unbranched alkanes of at least 4 members (excludes halogenated alkanes) is 2. The molecule has 6 rings (SSSR count). The van der Waals surface area contributed by atoms with Crippen molar-refractivity contribution < 1.29 is 92.0 Å². The van der Waals surface area contributed by atoms with Gasteiger partial charge in [0.1, 0.15) is 90.0 Å². The van der Waals surface area contributed by atoms with E-state index in [-0.39, 0.29) is 209 Å². The van der Waals surface area contributed by atoms with Gasteiger partial charge < -0.3 is 168 Å². The van der Waals surface area contributed by atoms with Gasteiger partial charge >= 0.3 is 12.0 Å². The Morgan fingerprint density at radius 2 is 0.789 bits per heavy atom. The maximum absolute atomic E-state index is 16.1. The van der Waals surface area contributed by atoms with Crippen molar-refractivity contribution >= 4 is 146 Å². The summed E-state index contributed by atoms with van der Waals surface area (Å²) in [5.74, 6) is -19.3. The van der Waals surface area contributed by atoms with Crippen LogP contribution in [-0.2, 0) is 86.4 Å². The Morgan fingerprint density at radius 3 is 1.25 bits per heavy atom. The summed E-state index contributed by atoms with van der Waals surface area (Å²) in [7, 11) is 1.41. The third kappa shape index (κ3) is 45.0. The van der Waals surface area contributed by atoms with Gasteiger partial charge in [-0.2, -0.15) is 0 Å². The topological polar surface area (TPSA) is 907 Å². The summed E-state index contributed by atoms with van der Waals surface area (Å²) in [5, 5.41) is 118. The minimum Gasteiger partial charge on any atom is -0.508 e. The molecule has 0 radical (unpaired) electrons. The first-order valence-corrected chi connectivity index (χ1v) is 50.9. The van der Waals surface area contributed by atoms with Crippen molar-refractivity contribution in [2.45, 2.75) is 232 Å². The van der Waals surface area contributed by atoms with Crippen LogP contribution in [0.4, 0.5) is 4.79 Å². The summed E-state index contributed by atoms with van der Waals surface area (Å²) in [6.45, 7) is -0.174. The molecular weight excluding hydrogens is 1950 g/mol. The van der Waals surface area contributed by atoms with E-state index in [0.717, 1.165) is 0 Å². The maximum Gasteiger partial charge on any atom is 0.326 e. The van der Waals surface area contributed by atoms with Crippen LogP contribution in [0.1, 0.15) is 161 Å². The number of amides is 15. The Bertz CT molecular complexity index is 5100. The van der Waals surface area contributed by atoms with E-state index in [1.54, 1.807) is 30.3 Å². The minimum atomic E-state index is -1.96. The summed E-state index contributed by atoms with van der Waals surface area (Å²) >= 11 is 0. The number of rotatable bonds is 49. The van der Waals surface area contributed by atoms with Gasteiger partial charge in [0, 0.05) is 87.7 Å². The van der Waals surface area contributed by atoms with Crippen molar-refractivity contribution in [1.82, 2.24) is 101 Å². The summed E-state index contributed by atoms with van der Waals surface area (Å²) < 4.78 is 0. The maximum atomic E-state index is 16.1. The number of ketones is 1. The van der Waals surface area contributed by atoms with Crippen molar-refractivity contribution in [2.75, 3.05) is 70.4 Å². The number of hydrogen-bond donors (Lipinski definition) is 35. The number of aromatic hydroxyl groups is 2. The van der Waals surface area contributed by atoms with Gasteiger partial charge in [-0.1, -0.05) is 100 Å². The fraction of sp³-hybridized carbons (Fsp3) is 0.516. The Morgan fingerprint density at radius 1 is 0.401 bits per heavy atom. The lowest BCUT2D eigenvalue weighted by molar-refractivity contribution is -0.142. The van der Waals surface area contributed by atoms with Crippen LogP contribution in [0.25, 0.3) is 0 Å². The second kappa shape index (κ2) is 64.6.